The first-order chi connectivity index (χ1) is 13.6. The third-order valence-electron chi connectivity index (χ3n) is 5.37. The molecule has 2 atom stereocenters. The fourth-order valence-corrected chi connectivity index (χ4v) is 3.26. The molecule has 0 bridgehead atoms. The maximum absolute atomic E-state index is 11.6. The van der Waals surface area contributed by atoms with Crippen molar-refractivity contribution in [2.45, 2.75) is 90.9 Å². The summed E-state index contributed by atoms with van der Waals surface area (Å²) in [6.45, 7) is 4.08. The zero-order valence-electron chi connectivity index (χ0n) is 18.1. The largest absolute Gasteiger partial charge is 0.299 e. The molecule has 0 aliphatic heterocycles. The van der Waals surface area contributed by atoms with Crippen LogP contribution in [-0.4, -0.2) is 11.6 Å². The molecule has 0 fully saturated rings. The van der Waals surface area contributed by atoms with Gasteiger partial charge in [-0.15, -0.1) is 0 Å². The van der Waals surface area contributed by atoms with Gasteiger partial charge in [0.2, 0.25) is 0 Å². The van der Waals surface area contributed by atoms with Crippen LogP contribution in [0.15, 0.2) is 48.6 Å². The van der Waals surface area contributed by atoms with Gasteiger partial charge in [0, 0.05) is 24.7 Å². The van der Waals surface area contributed by atoms with Crippen LogP contribution in [0.5, 0.6) is 0 Å². The van der Waals surface area contributed by atoms with E-state index in [4.69, 9.17) is 0 Å². The summed E-state index contributed by atoms with van der Waals surface area (Å²) in [4.78, 5) is 23.1. The van der Waals surface area contributed by atoms with Crippen molar-refractivity contribution in [2.24, 2.45) is 11.8 Å². The predicted molar refractivity (Wildman–Crippen MR) is 120 cm³/mol. The Morgan fingerprint density at radius 1 is 0.571 bits per heavy atom. The number of ketones is 2. The van der Waals surface area contributed by atoms with Crippen molar-refractivity contribution in [3.63, 3.8) is 0 Å². The van der Waals surface area contributed by atoms with E-state index < -0.39 is 0 Å². The third kappa shape index (κ3) is 12.6. The highest BCUT2D eigenvalue weighted by atomic mass is 16.1. The number of allylic oxidation sites excluding steroid dienone is 8. The Bertz CT molecular complexity index is 549. The van der Waals surface area contributed by atoms with Gasteiger partial charge in [-0.25, -0.2) is 0 Å². The molecule has 0 N–H and O–H groups in total. The molecule has 28 heavy (non-hydrogen) atoms. The van der Waals surface area contributed by atoms with E-state index in [0.29, 0.717) is 11.6 Å². The molecule has 0 amide bonds. The lowest BCUT2D eigenvalue weighted by Gasteiger charge is -2.08. The highest BCUT2D eigenvalue weighted by Gasteiger charge is 2.11. The summed E-state index contributed by atoms with van der Waals surface area (Å²) < 4.78 is 0. The average Bonchev–Trinajstić information content (AvgIpc) is 2.68. The molecular formula is C26H40O2. The number of carbonyl (C=O) groups is 2. The number of hydrogen-bond acceptors (Lipinski definition) is 2. The van der Waals surface area contributed by atoms with E-state index in [2.05, 4.69) is 48.6 Å². The van der Waals surface area contributed by atoms with E-state index in [9.17, 15) is 9.59 Å². The summed E-state index contributed by atoms with van der Waals surface area (Å²) in [5, 5.41) is 0. The number of Topliss-reactive ketones (excluding diaryl/α,β-unsaturated/α-hetero) is 2. The van der Waals surface area contributed by atoms with E-state index in [1.807, 2.05) is 13.8 Å². The highest BCUT2D eigenvalue weighted by Crippen LogP contribution is 2.13. The second kappa shape index (κ2) is 16.3. The Hall–Kier alpha value is -1.70. The number of rotatable bonds is 0. The zero-order valence-corrected chi connectivity index (χ0v) is 18.1. The maximum Gasteiger partial charge on any atom is 0.136 e. The smallest absolute Gasteiger partial charge is 0.136 e. The van der Waals surface area contributed by atoms with Crippen molar-refractivity contribution in [2.75, 3.05) is 0 Å². The minimum atomic E-state index is 0.217. The Morgan fingerprint density at radius 2 is 1.07 bits per heavy atom. The standard InChI is InChI=1S/2C13H20O/c2*1-12-10-8-6-4-2-3-5-7-9-11-13(12)14/h4-7,12H,2-3,8-11H2,1H3;3,5-6,8,12H,2,4,7,9-11H2,1H3. The topological polar surface area (TPSA) is 34.1 Å². The molecule has 156 valence electrons. The molecule has 0 aromatic carbocycles. The Kier molecular flexibility index (Phi) is 14.1. The third-order valence-corrected chi connectivity index (χ3v) is 5.37. The molecule has 0 saturated heterocycles. The summed E-state index contributed by atoms with van der Waals surface area (Å²) in [6, 6.07) is 0. The zero-order chi connectivity index (χ0) is 20.5. The van der Waals surface area contributed by atoms with E-state index >= 15 is 0 Å². The molecule has 0 radical (unpaired) electrons. The Labute approximate surface area is 172 Å². The fraction of sp³-hybridized carbons (Fsp3) is 0.615. The second-order valence-corrected chi connectivity index (χ2v) is 8.02. The summed E-state index contributed by atoms with van der Waals surface area (Å²) in [5.41, 5.74) is 0. The maximum atomic E-state index is 11.6. The molecule has 0 spiro atoms. The van der Waals surface area contributed by atoms with Crippen molar-refractivity contribution in [3.05, 3.63) is 48.6 Å². The Balaban J connectivity index is 0.000000280. The van der Waals surface area contributed by atoms with Crippen LogP contribution in [0, 0.1) is 11.8 Å². The van der Waals surface area contributed by atoms with Crippen LogP contribution < -0.4 is 0 Å². The highest BCUT2D eigenvalue weighted by molar-refractivity contribution is 5.81. The van der Waals surface area contributed by atoms with Crippen LogP contribution >= 0.6 is 0 Å². The molecule has 2 rings (SSSR count). The molecule has 2 aliphatic rings. The SMILES string of the molecule is CC1CC=CCCC=CCCCC1=O.CC1CCC=CCCC=CCCC1=O. The van der Waals surface area contributed by atoms with Gasteiger partial charge >= 0.3 is 0 Å². The van der Waals surface area contributed by atoms with Gasteiger partial charge in [-0.3, -0.25) is 9.59 Å². The number of carbonyl (C=O) groups excluding carboxylic acids is 2. The summed E-state index contributed by atoms with van der Waals surface area (Å²) in [6.07, 6.45) is 29.5. The van der Waals surface area contributed by atoms with Crippen LogP contribution in [0.1, 0.15) is 90.9 Å². The van der Waals surface area contributed by atoms with Crippen LogP contribution in [0.25, 0.3) is 0 Å². The van der Waals surface area contributed by atoms with Crippen molar-refractivity contribution in [3.8, 4) is 0 Å². The van der Waals surface area contributed by atoms with Gasteiger partial charge in [-0.05, 0) is 64.2 Å². The molecule has 2 aliphatic carbocycles. The molecule has 0 heterocycles. The van der Waals surface area contributed by atoms with E-state index in [1.165, 1.54) is 0 Å². The van der Waals surface area contributed by atoms with Crippen molar-refractivity contribution >= 4 is 11.6 Å². The van der Waals surface area contributed by atoms with E-state index in [0.717, 1.165) is 77.0 Å². The molecule has 0 aromatic heterocycles. The predicted octanol–water partition coefficient (Wildman–Crippen LogP) is 7.32. The first kappa shape index (κ1) is 24.3. The lowest BCUT2D eigenvalue weighted by atomic mass is 9.96. The molecule has 2 unspecified atom stereocenters. The van der Waals surface area contributed by atoms with Crippen LogP contribution in [0.3, 0.4) is 0 Å². The average molecular weight is 385 g/mol. The quantitative estimate of drug-likeness (QED) is 0.410. The van der Waals surface area contributed by atoms with Gasteiger partial charge in [0.25, 0.3) is 0 Å². The van der Waals surface area contributed by atoms with Crippen LogP contribution in [-0.2, 0) is 9.59 Å². The molecular weight excluding hydrogens is 344 g/mol. The minimum absolute atomic E-state index is 0.217. The van der Waals surface area contributed by atoms with Crippen molar-refractivity contribution < 1.29 is 9.59 Å². The summed E-state index contributed by atoms with van der Waals surface area (Å²) >= 11 is 0. The molecule has 0 aromatic rings. The monoisotopic (exact) mass is 384 g/mol. The molecule has 2 heteroatoms. The Morgan fingerprint density at radius 3 is 1.75 bits per heavy atom. The van der Waals surface area contributed by atoms with Crippen molar-refractivity contribution in [1.29, 1.82) is 0 Å². The van der Waals surface area contributed by atoms with Crippen LogP contribution in [0.2, 0.25) is 0 Å². The van der Waals surface area contributed by atoms with Gasteiger partial charge in [0.1, 0.15) is 11.6 Å². The van der Waals surface area contributed by atoms with Crippen LogP contribution in [0.4, 0.5) is 0 Å². The first-order valence-electron chi connectivity index (χ1n) is 11.3. The normalized spacial score (nSPS) is 25.5. The van der Waals surface area contributed by atoms with Gasteiger partial charge in [0.15, 0.2) is 0 Å². The lowest BCUT2D eigenvalue weighted by Crippen LogP contribution is -2.09. The fourth-order valence-electron chi connectivity index (χ4n) is 3.26. The number of hydrogen-bond donors (Lipinski definition) is 0. The molecule has 0 saturated carbocycles. The van der Waals surface area contributed by atoms with Crippen molar-refractivity contribution in [1.82, 2.24) is 0 Å². The lowest BCUT2D eigenvalue weighted by molar-refractivity contribution is -0.123. The summed E-state index contributed by atoms with van der Waals surface area (Å²) in [5.74, 6) is 1.30. The van der Waals surface area contributed by atoms with E-state index in [1.54, 1.807) is 0 Å². The summed E-state index contributed by atoms with van der Waals surface area (Å²) in [7, 11) is 0. The van der Waals surface area contributed by atoms with Gasteiger partial charge < -0.3 is 0 Å². The molecule has 2 nitrogen and oxygen atoms in total. The van der Waals surface area contributed by atoms with Gasteiger partial charge in [-0.1, -0.05) is 62.5 Å². The second-order valence-electron chi connectivity index (χ2n) is 8.02. The van der Waals surface area contributed by atoms with E-state index in [-0.39, 0.29) is 11.8 Å². The first-order valence-corrected chi connectivity index (χ1v) is 11.3. The van der Waals surface area contributed by atoms with Gasteiger partial charge in [0.05, 0.1) is 0 Å². The van der Waals surface area contributed by atoms with Gasteiger partial charge in [-0.2, -0.15) is 0 Å². The minimum Gasteiger partial charge on any atom is -0.299 e.